The van der Waals surface area contributed by atoms with E-state index in [1.165, 1.54) is 29.8 Å². The Hall–Kier alpha value is -3.23. The lowest BCUT2D eigenvalue weighted by Crippen LogP contribution is -2.14. The summed E-state index contributed by atoms with van der Waals surface area (Å²) in [6.45, 7) is 4.27. The van der Waals surface area contributed by atoms with E-state index >= 15 is 0 Å². The largest absolute Gasteiger partial charge is 0.465 e. The maximum atomic E-state index is 13.1. The molecular weight excluding hydrogens is 442 g/mol. The summed E-state index contributed by atoms with van der Waals surface area (Å²) in [5.41, 5.74) is 9.56. The van der Waals surface area contributed by atoms with E-state index in [2.05, 4.69) is 24.1 Å². The van der Waals surface area contributed by atoms with E-state index in [1.807, 2.05) is 47.8 Å². The van der Waals surface area contributed by atoms with Gasteiger partial charge in [-0.05, 0) is 30.0 Å². The molecule has 0 spiro atoms. The summed E-state index contributed by atoms with van der Waals surface area (Å²) in [6, 6.07) is 13.4. The molecule has 3 aromatic heterocycles. The van der Waals surface area contributed by atoms with Crippen molar-refractivity contribution in [3.63, 3.8) is 0 Å². The molecule has 0 saturated heterocycles. The minimum absolute atomic E-state index is 0.328. The molecule has 8 heteroatoms. The van der Waals surface area contributed by atoms with Crippen LogP contribution in [0.25, 0.3) is 21.3 Å². The number of pyridine rings is 1. The highest BCUT2D eigenvalue weighted by atomic mass is 32.1. The fraction of sp³-hybridized carbons (Fsp3) is 0.208. The Bertz CT molecular complexity index is 1290. The summed E-state index contributed by atoms with van der Waals surface area (Å²) in [7, 11) is 1.32. The van der Waals surface area contributed by atoms with E-state index in [-0.39, 0.29) is 5.91 Å². The Labute approximate surface area is 194 Å². The van der Waals surface area contributed by atoms with Crippen molar-refractivity contribution in [3.8, 4) is 11.1 Å². The van der Waals surface area contributed by atoms with Gasteiger partial charge in [0, 0.05) is 22.0 Å². The van der Waals surface area contributed by atoms with Crippen molar-refractivity contribution in [2.75, 3.05) is 18.2 Å². The van der Waals surface area contributed by atoms with Crippen molar-refractivity contribution >= 4 is 55.5 Å². The monoisotopic (exact) mass is 465 g/mol. The normalized spacial score (nSPS) is 11.1. The third-order valence-electron chi connectivity index (χ3n) is 4.97. The molecular formula is C24H23N3O3S2. The summed E-state index contributed by atoms with van der Waals surface area (Å²) in [5, 5.41) is 5.88. The highest BCUT2D eigenvalue weighted by molar-refractivity contribution is 7.21. The highest BCUT2D eigenvalue weighted by Gasteiger charge is 2.24. The van der Waals surface area contributed by atoms with Crippen molar-refractivity contribution < 1.29 is 14.3 Å². The van der Waals surface area contributed by atoms with Gasteiger partial charge in [-0.3, -0.25) is 4.79 Å². The zero-order valence-electron chi connectivity index (χ0n) is 18.0. The van der Waals surface area contributed by atoms with Gasteiger partial charge >= 0.3 is 5.97 Å². The number of hydrogen-bond donors (Lipinski definition) is 2. The lowest BCUT2D eigenvalue weighted by Gasteiger charge is -2.07. The zero-order chi connectivity index (χ0) is 22.8. The lowest BCUT2D eigenvalue weighted by atomic mass is 10.0. The number of nitrogens with one attached hydrogen (secondary N) is 1. The predicted octanol–water partition coefficient (Wildman–Crippen LogP) is 5.84. The van der Waals surface area contributed by atoms with Gasteiger partial charge in [-0.2, -0.15) is 0 Å². The predicted molar refractivity (Wildman–Crippen MR) is 132 cm³/mol. The number of methoxy groups -OCH3 is 1. The van der Waals surface area contributed by atoms with Crippen LogP contribution in [0.15, 0.2) is 47.8 Å². The third kappa shape index (κ3) is 4.24. The van der Waals surface area contributed by atoms with Crippen LogP contribution in [0.1, 0.15) is 39.6 Å². The standard InChI is InChI=1S/C24H23N3O3S2/c1-13(2)11-15-9-10-16-19(25)20(32-22(16)26-15)21(28)27-23-18(24(29)30-3)17(12-31-23)14-7-5-4-6-8-14/h4-10,12-13H,11,25H2,1-3H3,(H,27,28). The van der Waals surface area contributed by atoms with E-state index in [9.17, 15) is 9.59 Å². The minimum atomic E-state index is -0.510. The quantitative estimate of drug-likeness (QED) is 0.349. The van der Waals surface area contributed by atoms with E-state index < -0.39 is 5.97 Å². The molecule has 0 atom stereocenters. The van der Waals surface area contributed by atoms with Crippen molar-refractivity contribution in [2.24, 2.45) is 5.92 Å². The number of fused-ring (bicyclic) bond motifs is 1. The fourth-order valence-electron chi connectivity index (χ4n) is 3.48. The van der Waals surface area contributed by atoms with Gasteiger partial charge in [-0.1, -0.05) is 44.2 Å². The third-order valence-corrected chi connectivity index (χ3v) is 6.98. The van der Waals surface area contributed by atoms with Gasteiger partial charge < -0.3 is 15.8 Å². The van der Waals surface area contributed by atoms with Crippen molar-refractivity contribution in [3.05, 3.63) is 64.0 Å². The number of nitrogens with zero attached hydrogens (tertiary/aromatic N) is 1. The molecule has 4 aromatic rings. The molecule has 0 aliphatic carbocycles. The van der Waals surface area contributed by atoms with Gasteiger partial charge in [0.05, 0.1) is 12.8 Å². The second kappa shape index (κ2) is 9.10. The minimum Gasteiger partial charge on any atom is -0.465 e. The first-order valence-corrected chi connectivity index (χ1v) is 11.8. The van der Waals surface area contributed by atoms with Crippen LogP contribution < -0.4 is 11.1 Å². The van der Waals surface area contributed by atoms with Crippen LogP contribution in [0.3, 0.4) is 0 Å². The first kappa shape index (κ1) is 22.0. The molecule has 0 unspecified atom stereocenters. The van der Waals surface area contributed by atoms with Gasteiger partial charge in [0.2, 0.25) is 0 Å². The van der Waals surface area contributed by atoms with E-state index in [0.717, 1.165) is 27.9 Å². The lowest BCUT2D eigenvalue weighted by molar-refractivity contribution is 0.0603. The number of amides is 1. The summed E-state index contributed by atoms with van der Waals surface area (Å²) >= 11 is 2.53. The number of nitrogens with two attached hydrogens (primary N) is 1. The molecule has 32 heavy (non-hydrogen) atoms. The smallest absolute Gasteiger partial charge is 0.341 e. The maximum absolute atomic E-state index is 13.1. The molecule has 0 radical (unpaired) electrons. The summed E-state index contributed by atoms with van der Waals surface area (Å²) in [5.74, 6) is -0.401. The molecule has 0 fully saturated rings. The number of hydrogen-bond acceptors (Lipinski definition) is 7. The van der Waals surface area contributed by atoms with Crippen LogP contribution in [-0.4, -0.2) is 24.0 Å². The van der Waals surface area contributed by atoms with Gasteiger partial charge in [0.15, 0.2) is 0 Å². The number of carbonyl (C=O) groups excluding carboxylic acids is 2. The van der Waals surface area contributed by atoms with Crippen LogP contribution in [0.2, 0.25) is 0 Å². The Morgan fingerprint density at radius 1 is 1.16 bits per heavy atom. The van der Waals surface area contributed by atoms with Crippen LogP contribution in [0.4, 0.5) is 10.7 Å². The Balaban J connectivity index is 1.68. The number of aromatic nitrogens is 1. The van der Waals surface area contributed by atoms with Crippen LogP contribution in [0.5, 0.6) is 0 Å². The molecule has 0 aliphatic heterocycles. The van der Waals surface area contributed by atoms with Gasteiger partial charge in [0.1, 0.15) is 20.3 Å². The molecule has 3 heterocycles. The number of anilines is 2. The van der Waals surface area contributed by atoms with Gasteiger partial charge in [-0.15, -0.1) is 22.7 Å². The van der Waals surface area contributed by atoms with Crippen LogP contribution in [-0.2, 0) is 11.2 Å². The van der Waals surface area contributed by atoms with Gasteiger partial charge in [0.25, 0.3) is 5.91 Å². The maximum Gasteiger partial charge on any atom is 0.341 e. The van der Waals surface area contributed by atoms with E-state index in [0.29, 0.717) is 32.6 Å². The second-order valence-electron chi connectivity index (χ2n) is 7.76. The highest BCUT2D eigenvalue weighted by Crippen LogP contribution is 2.38. The molecule has 6 nitrogen and oxygen atoms in total. The molecule has 0 aliphatic rings. The van der Waals surface area contributed by atoms with E-state index in [4.69, 9.17) is 10.5 Å². The Morgan fingerprint density at radius 3 is 2.59 bits per heavy atom. The van der Waals surface area contributed by atoms with Gasteiger partial charge in [-0.25, -0.2) is 9.78 Å². The molecule has 0 saturated carbocycles. The fourth-order valence-corrected chi connectivity index (χ4v) is 5.44. The molecule has 4 rings (SSSR count). The molecule has 3 N–H and O–H groups in total. The zero-order valence-corrected chi connectivity index (χ0v) is 19.6. The number of nitrogen functional groups attached to an aromatic ring is 1. The topological polar surface area (TPSA) is 94.3 Å². The average molecular weight is 466 g/mol. The van der Waals surface area contributed by atoms with Crippen molar-refractivity contribution in [2.45, 2.75) is 20.3 Å². The average Bonchev–Trinajstić information content (AvgIpc) is 3.34. The molecule has 0 bridgehead atoms. The molecule has 164 valence electrons. The van der Waals surface area contributed by atoms with Crippen molar-refractivity contribution in [1.82, 2.24) is 4.98 Å². The number of carbonyl (C=O) groups is 2. The summed E-state index contributed by atoms with van der Waals surface area (Å²) < 4.78 is 4.99. The first-order valence-electron chi connectivity index (χ1n) is 10.1. The molecule has 1 amide bonds. The van der Waals surface area contributed by atoms with Crippen LogP contribution >= 0.6 is 22.7 Å². The summed E-state index contributed by atoms with van der Waals surface area (Å²) in [6.07, 6.45) is 0.856. The first-order chi connectivity index (χ1) is 15.4. The molecule has 1 aromatic carbocycles. The second-order valence-corrected chi connectivity index (χ2v) is 9.64. The Morgan fingerprint density at radius 2 is 1.91 bits per heavy atom. The van der Waals surface area contributed by atoms with Crippen molar-refractivity contribution in [1.29, 1.82) is 0 Å². The van der Waals surface area contributed by atoms with E-state index in [1.54, 1.807) is 0 Å². The number of rotatable bonds is 6. The SMILES string of the molecule is COC(=O)c1c(-c2ccccc2)csc1NC(=O)c1sc2nc(CC(C)C)ccc2c1N. The number of thiophene rings is 2. The van der Waals surface area contributed by atoms with Crippen LogP contribution in [0, 0.1) is 5.92 Å². The Kier molecular flexibility index (Phi) is 6.25. The summed E-state index contributed by atoms with van der Waals surface area (Å²) in [4.78, 5) is 31.4. The number of benzene rings is 1. The number of ether oxygens (including phenoxy) is 1. The number of esters is 1.